The van der Waals surface area contributed by atoms with E-state index in [0.29, 0.717) is 11.3 Å². The van der Waals surface area contributed by atoms with E-state index in [2.05, 4.69) is 20.3 Å². The van der Waals surface area contributed by atoms with Gasteiger partial charge in [0.1, 0.15) is 17.7 Å². The van der Waals surface area contributed by atoms with Crippen LogP contribution >= 0.6 is 0 Å². The topological polar surface area (TPSA) is 70.7 Å². The molecule has 2 heterocycles. The first kappa shape index (κ1) is 11.6. The predicted octanol–water partition coefficient (Wildman–Crippen LogP) is 1.88. The van der Waals surface area contributed by atoms with Gasteiger partial charge in [-0.2, -0.15) is 0 Å². The Balaban J connectivity index is 2.34. The molecule has 2 aromatic heterocycles. The van der Waals surface area contributed by atoms with Crippen LogP contribution in [-0.4, -0.2) is 26.4 Å². The Bertz CT molecular complexity index is 544. The summed E-state index contributed by atoms with van der Waals surface area (Å²) in [4.78, 5) is 23.2. The maximum atomic E-state index is 12.1. The number of H-pyrrole nitrogens is 1. The van der Waals surface area contributed by atoms with E-state index in [4.69, 9.17) is 0 Å². The van der Waals surface area contributed by atoms with E-state index < -0.39 is 0 Å². The lowest BCUT2D eigenvalue weighted by Crippen LogP contribution is -2.43. The summed E-state index contributed by atoms with van der Waals surface area (Å²) < 4.78 is 0. The van der Waals surface area contributed by atoms with Gasteiger partial charge in [0.15, 0.2) is 0 Å². The van der Waals surface area contributed by atoms with Gasteiger partial charge in [0.2, 0.25) is 0 Å². The number of carbonyl (C=O) groups excluding carboxylic acids is 1. The first-order valence-electron chi connectivity index (χ1n) is 5.64. The molecule has 0 aliphatic heterocycles. The number of nitrogens with one attached hydrogen (secondary N) is 2. The molecule has 0 fully saturated rings. The van der Waals surface area contributed by atoms with E-state index in [1.54, 1.807) is 6.20 Å². The summed E-state index contributed by atoms with van der Waals surface area (Å²) in [5, 5.41) is 3.71. The SMILES string of the molecule is CCC(C)(C)NC(=O)c1ncnc2[nH]ccc12. The lowest BCUT2D eigenvalue weighted by Gasteiger charge is -2.24. The number of aromatic amines is 1. The van der Waals surface area contributed by atoms with Crippen LogP contribution < -0.4 is 5.32 Å². The predicted molar refractivity (Wildman–Crippen MR) is 65.7 cm³/mol. The van der Waals surface area contributed by atoms with Gasteiger partial charge in [-0.05, 0) is 26.3 Å². The normalized spacial score (nSPS) is 11.7. The molecule has 0 bridgehead atoms. The van der Waals surface area contributed by atoms with Crippen molar-refractivity contribution in [3.05, 3.63) is 24.3 Å². The molecule has 0 radical (unpaired) electrons. The van der Waals surface area contributed by atoms with Crippen molar-refractivity contribution < 1.29 is 4.79 Å². The summed E-state index contributed by atoms with van der Waals surface area (Å²) in [6.45, 7) is 6.01. The summed E-state index contributed by atoms with van der Waals surface area (Å²) in [6.07, 6.45) is 4.01. The van der Waals surface area contributed by atoms with E-state index in [0.717, 1.165) is 11.8 Å². The van der Waals surface area contributed by atoms with E-state index in [9.17, 15) is 4.79 Å². The van der Waals surface area contributed by atoms with E-state index in [-0.39, 0.29) is 11.4 Å². The molecular formula is C12H16N4O. The van der Waals surface area contributed by atoms with Crippen LogP contribution in [0.3, 0.4) is 0 Å². The van der Waals surface area contributed by atoms with Gasteiger partial charge in [-0.1, -0.05) is 6.92 Å². The number of hydrogen-bond donors (Lipinski definition) is 2. The molecular weight excluding hydrogens is 216 g/mol. The van der Waals surface area contributed by atoms with Crippen LogP contribution in [-0.2, 0) is 0 Å². The van der Waals surface area contributed by atoms with Gasteiger partial charge >= 0.3 is 0 Å². The van der Waals surface area contributed by atoms with Gasteiger partial charge in [0.25, 0.3) is 5.91 Å². The average Bonchev–Trinajstić information content (AvgIpc) is 2.76. The standard InChI is InChI=1S/C12H16N4O/c1-4-12(2,3)16-11(17)9-8-5-6-13-10(8)15-7-14-9/h5-7H,4H2,1-3H3,(H,16,17)(H,13,14,15). The third kappa shape index (κ3) is 2.27. The number of amides is 1. The van der Waals surface area contributed by atoms with Gasteiger partial charge in [-0.15, -0.1) is 0 Å². The number of nitrogens with zero attached hydrogens (tertiary/aromatic N) is 2. The van der Waals surface area contributed by atoms with Crippen molar-refractivity contribution in [3.8, 4) is 0 Å². The molecule has 2 N–H and O–H groups in total. The van der Waals surface area contributed by atoms with E-state index in [1.807, 2.05) is 26.8 Å². The molecule has 0 saturated carbocycles. The lowest BCUT2D eigenvalue weighted by atomic mass is 10.0. The molecule has 0 aliphatic rings. The first-order valence-corrected chi connectivity index (χ1v) is 5.64. The van der Waals surface area contributed by atoms with E-state index in [1.165, 1.54) is 6.33 Å². The van der Waals surface area contributed by atoms with Crippen LogP contribution in [0.25, 0.3) is 11.0 Å². The number of carbonyl (C=O) groups is 1. The fraction of sp³-hybridized carbons (Fsp3) is 0.417. The second kappa shape index (κ2) is 4.16. The molecule has 0 saturated heterocycles. The highest BCUT2D eigenvalue weighted by molar-refractivity contribution is 6.03. The number of hydrogen-bond acceptors (Lipinski definition) is 3. The van der Waals surface area contributed by atoms with Crippen LogP contribution in [0.1, 0.15) is 37.7 Å². The summed E-state index contributed by atoms with van der Waals surface area (Å²) >= 11 is 0. The lowest BCUT2D eigenvalue weighted by molar-refractivity contribution is 0.0908. The molecule has 2 rings (SSSR count). The van der Waals surface area contributed by atoms with Crippen molar-refractivity contribution in [3.63, 3.8) is 0 Å². The van der Waals surface area contributed by atoms with Gasteiger partial charge in [0.05, 0.1) is 5.39 Å². The fourth-order valence-electron chi connectivity index (χ4n) is 1.51. The quantitative estimate of drug-likeness (QED) is 0.848. The van der Waals surface area contributed by atoms with Crippen LogP contribution in [0.4, 0.5) is 0 Å². The van der Waals surface area contributed by atoms with Gasteiger partial charge in [-0.25, -0.2) is 9.97 Å². The number of aromatic nitrogens is 3. The third-order valence-electron chi connectivity index (χ3n) is 2.90. The van der Waals surface area contributed by atoms with Crippen LogP contribution in [0.2, 0.25) is 0 Å². The van der Waals surface area contributed by atoms with Crippen molar-refractivity contribution >= 4 is 16.9 Å². The molecule has 0 aliphatic carbocycles. The zero-order valence-corrected chi connectivity index (χ0v) is 10.2. The van der Waals surface area contributed by atoms with Crippen molar-refractivity contribution in [2.75, 3.05) is 0 Å². The van der Waals surface area contributed by atoms with Gasteiger partial charge in [-0.3, -0.25) is 4.79 Å². The van der Waals surface area contributed by atoms with E-state index >= 15 is 0 Å². The zero-order valence-electron chi connectivity index (χ0n) is 10.2. The monoisotopic (exact) mass is 232 g/mol. The molecule has 17 heavy (non-hydrogen) atoms. The number of fused-ring (bicyclic) bond motifs is 1. The second-order valence-electron chi connectivity index (χ2n) is 4.65. The summed E-state index contributed by atoms with van der Waals surface area (Å²) in [7, 11) is 0. The smallest absolute Gasteiger partial charge is 0.271 e. The highest BCUT2D eigenvalue weighted by Gasteiger charge is 2.21. The first-order chi connectivity index (χ1) is 8.03. The summed E-state index contributed by atoms with van der Waals surface area (Å²) in [6, 6.07) is 1.81. The molecule has 2 aromatic rings. The van der Waals surface area contributed by atoms with Crippen LogP contribution in [0.5, 0.6) is 0 Å². The van der Waals surface area contributed by atoms with Crippen molar-refractivity contribution in [2.24, 2.45) is 0 Å². The Morgan fingerprint density at radius 2 is 2.24 bits per heavy atom. The molecule has 0 atom stereocenters. The zero-order chi connectivity index (χ0) is 12.5. The minimum Gasteiger partial charge on any atom is -0.346 e. The Morgan fingerprint density at radius 1 is 1.47 bits per heavy atom. The highest BCUT2D eigenvalue weighted by atomic mass is 16.2. The Kier molecular flexibility index (Phi) is 2.83. The molecule has 5 nitrogen and oxygen atoms in total. The van der Waals surface area contributed by atoms with Gasteiger partial charge < -0.3 is 10.3 Å². The molecule has 0 unspecified atom stereocenters. The average molecular weight is 232 g/mol. The van der Waals surface area contributed by atoms with Crippen LogP contribution in [0.15, 0.2) is 18.6 Å². The molecule has 0 aromatic carbocycles. The molecule has 1 amide bonds. The Labute approximate surface area is 99.7 Å². The maximum Gasteiger partial charge on any atom is 0.271 e. The van der Waals surface area contributed by atoms with Crippen LogP contribution in [0, 0.1) is 0 Å². The fourth-order valence-corrected chi connectivity index (χ4v) is 1.51. The second-order valence-corrected chi connectivity index (χ2v) is 4.65. The third-order valence-corrected chi connectivity index (χ3v) is 2.90. The summed E-state index contributed by atoms with van der Waals surface area (Å²) in [5.41, 5.74) is 0.863. The molecule has 0 spiro atoms. The number of rotatable bonds is 3. The van der Waals surface area contributed by atoms with Crippen molar-refractivity contribution in [2.45, 2.75) is 32.7 Å². The maximum absolute atomic E-state index is 12.1. The molecule has 5 heteroatoms. The Morgan fingerprint density at radius 3 is 2.94 bits per heavy atom. The van der Waals surface area contributed by atoms with Crippen molar-refractivity contribution in [1.82, 2.24) is 20.3 Å². The summed E-state index contributed by atoms with van der Waals surface area (Å²) in [5.74, 6) is -0.163. The Hall–Kier alpha value is -1.91. The molecule has 90 valence electrons. The van der Waals surface area contributed by atoms with Crippen molar-refractivity contribution in [1.29, 1.82) is 0 Å². The minimum absolute atomic E-state index is 0.163. The highest BCUT2D eigenvalue weighted by Crippen LogP contribution is 2.14. The van der Waals surface area contributed by atoms with Gasteiger partial charge in [0, 0.05) is 11.7 Å². The largest absolute Gasteiger partial charge is 0.346 e. The minimum atomic E-state index is -0.231.